The first kappa shape index (κ1) is 14.6. The van der Waals surface area contributed by atoms with Crippen molar-refractivity contribution >= 4 is 31.5 Å². The summed E-state index contributed by atoms with van der Waals surface area (Å²) in [5.74, 6) is 0.533. The highest BCUT2D eigenvalue weighted by Crippen LogP contribution is 2.45. The number of hydrogen-bond acceptors (Lipinski definition) is 5. The molecule has 0 amide bonds. The standard InChI is InChI=1S/C12H16BrNO4S/c1-12(2)11(15)14(3)9-6-7(19(4,16)17)5-8(13)10(9)18-12/h5-6,11,15H,1-4H3/t11-/m1/s1. The molecular formula is C12H16BrNO4S. The van der Waals surface area contributed by atoms with E-state index in [1.807, 2.05) is 0 Å². The Hall–Kier alpha value is -0.790. The average Bonchev–Trinajstić information content (AvgIpc) is 2.26. The van der Waals surface area contributed by atoms with Crippen molar-refractivity contribution in [1.29, 1.82) is 0 Å². The number of halogens is 1. The van der Waals surface area contributed by atoms with Crippen LogP contribution in [0.2, 0.25) is 0 Å². The summed E-state index contributed by atoms with van der Waals surface area (Å²) in [6.07, 6.45) is 0.285. The van der Waals surface area contributed by atoms with Gasteiger partial charge in [-0.05, 0) is 41.9 Å². The van der Waals surface area contributed by atoms with Gasteiger partial charge in [0.1, 0.15) is 5.60 Å². The van der Waals surface area contributed by atoms with Gasteiger partial charge in [0.25, 0.3) is 0 Å². The molecule has 0 aromatic heterocycles. The molecule has 1 heterocycles. The van der Waals surface area contributed by atoms with E-state index in [9.17, 15) is 13.5 Å². The lowest BCUT2D eigenvalue weighted by Crippen LogP contribution is -2.54. The predicted octanol–water partition coefficient (Wildman–Crippen LogP) is 1.78. The highest BCUT2D eigenvalue weighted by Gasteiger charge is 2.40. The zero-order valence-corrected chi connectivity index (χ0v) is 13.5. The van der Waals surface area contributed by atoms with Crippen LogP contribution in [0.5, 0.6) is 5.75 Å². The molecule has 19 heavy (non-hydrogen) atoms. The second-order valence-corrected chi connectivity index (χ2v) is 8.09. The van der Waals surface area contributed by atoms with Gasteiger partial charge >= 0.3 is 0 Å². The number of aliphatic hydroxyl groups is 1. The summed E-state index contributed by atoms with van der Waals surface area (Å²) in [7, 11) is -1.62. The first-order valence-electron chi connectivity index (χ1n) is 5.67. The van der Waals surface area contributed by atoms with Crippen LogP contribution in [0, 0.1) is 0 Å². The van der Waals surface area contributed by atoms with E-state index in [2.05, 4.69) is 15.9 Å². The molecule has 0 fully saturated rings. The largest absolute Gasteiger partial charge is 0.480 e. The molecule has 0 saturated heterocycles. The van der Waals surface area contributed by atoms with E-state index in [0.717, 1.165) is 6.26 Å². The Kier molecular flexibility index (Phi) is 3.35. The maximum atomic E-state index is 11.6. The number of anilines is 1. The summed E-state index contributed by atoms with van der Waals surface area (Å²) in [5, 5.41) is 10.2. The maximum absolute atomic E-state index is 11.6. The molecule has 2 rings (SSSR count). The molecule has 1 aliphatic rings. The summed E-state index contributed by atoms with van der Waals surface area (Å²) in [6, 6.07) is 3.02. The number of benzene rings is 1. The van der Waals surface area contributed by atoms with Crippen LogP contribution < -0.4 is 9.64 Å². The number of nitrogens with zero attached hydrogens (tertiary/aromatic N) is 1. The van der Waals surface area contributed by atoms with Gasteiger partial charge in [0.2, 0.25) is 0 Å². The molecule has 1 N–H and O–H groups in total. The third-order valence-electron chi connectivity index (χ3n) is 3.16. The normalized spacial score (nSPS) is 21.8. The second kappa shape index (κ2) is 4.36. The summed E-state index contributed by atoms with van der Waals surface area (Å²) >= 11 is 3.33. The monoisotopic (exact) mass is 349 g/mol. The lowest BCUT2D eigenvalue weighted by atomic mass is 10.0. The zero-order chi connectivity index (χ0) is 14.6. The molecule has 106 valence electrons. The lowest BCUT2D eigenvalue weighted by Gasteiger charge is -2.43. The van der Waals surface area contributed by atoms with E-state index in [1.165, 1.54) is 12.1 Å². The van der Waals surface area contributed by atoms with Crippen LogP contribution >= 0.6 is 15.9 Å². The van der Waals surface area contributed by atoms with Crippen LogP contribution in [0.15, 0.2) is 21.5 Å². The molecule has 0 saturated carbocycles. The Morgan fingerprint density at radius 1 is 1.42 bits per heavy atom. The van der Waals surface area contributed by atoms with Crippen LogP contribution in [-0.4, -0.2) is 38.7 Å². The van der Waals surface area contributed by atoms with E-state index in [1.54, 1.807) is 25.8 Å². The van der Waals surface area contributed by atoms with Gasteiger partial charge in [-0.1, -0.05) is 0 Å². The molecule has 7 heteroatoms. The van der Waals surface area contributed by atoms with E-state index in [4.69, 9.17) is 4.74 Å². The van der Waals surface area contributed by atoms with E-state index >= 15 is 0 Å². The fourth-order valence-electron chi connectivity index (χ4n) is 2.05. The third-order valence-corrected chi connectivity index (χ3v) is 4.84. The number of rotatable bonds is 1. The fourth-order valence-corrected chi connectivity index (χ4v) is 3.39. The summed E-state index contributed by atoms with van der Waals surface area (Å²) in [5.41, 5.74) is -0.238. The minimum absolute atomic E-state index is 0.181. The van der Waals surface area contributed by atoms with Crippen LogP contribution in [0.4, 0.5) is 5.69 Å². The van der Waals surface area contributed by atoms with Crippen molar-refractivity contribution in [3.05, 3.63) is 16.6 Å². The predicted molar refractivity (Wildman–Crippen MR) is 76.4 cm³/mol. The first-order valence-corrected chi connectivity index (χ1v) is 8.36. The smallest absolute Gasteiger partial charge is 0.175 e. The summed E-state index contributed by atoms with van der Waals surface area (Å²) in [6.45, 7) is 3.54. The zero-order valence-electron chi connectivity index (χ0n) is 11.1. The first-order chi connectivity index (χ1) is 8.54. The Balaban J connectivity index is 2.67. The number of sulfone groups is 1. The van der Waals surface area contributed by atoms with E-state index < -0.39 is 21.7 Å². The van der Waals surface area contributed by atoms with Gasteiger partial charge in [0, 0.05) is 13.3 Å². The number of hydrogen-bond donors (Lipinski definition) is 1. The van der Waals surface area contributed by atoms with Crippen molar-refractivity contribution in [2.75, 3.05) is 18.2 Å². The molecule has 0 spiro atoms. The fraction of sp³-hybridized carbons (Fsp3) is 0.500. The van der Waals surface area contributed by atoms with Crippen molar-refractivity contribution in [2.24, 2.45) is 0 Å². The van der Waals surface area contributed by atoms with Crippen molar-refractivity contribution < 1.29 is 18.3 Å². The minimum atomic E-state index is -3.32. The molecule has 1 aliphatic heterocycles. The molecule has 1 atom stereocenters. The van der Waals surface area contributed by atoms with Gasteiger partial charge in [0.05, 0.1) is 15.1 Å². The minimum Gasteiger partial charge on any atom is -0.480 e. The summed E-state index contributed by atoms with van der Waals surface area (Å²) < 4.78 is 29.6. The highest BCUT2D eigenvalue weighted by molar-refractivity contribution is 9.10. The van der Waals surface area contributed by atoms with Crippen LogP contribution in [0.25, 0.3) is 0 Å². The van der Waals surface area contributed by atoms with Crippen molar-refractivity contribution in [1.82, 2.24) is 0 Å². The Labute approximate surface area is 121 Å². The van der Waals surface area contributed by atoms with E-state index in [-0.39, 0.29) is 4.90 Å². The average molecular weight is 350 g/mol. The van der Waals surface area contributed by atoms with Crippen molar-refractivity contribution in [3.63, 3.8) is 0 Å². The molecule has 0 bridgehead atoms. The quantitative estimate of drug-likeness (QED) is 0.836. The van der Waals surface area contributed by atoms with Crippen LogP contribution in [-0.2, 0) is 9.84 Å². The number of ether oxygens (including phenoxy) is 1. The topological polar surface area (TPSA) is 66.8 Å². The van der Waals surface area contributed by atoms with Crippen LogP contribution in [0.3, 0.4) is 0 Å². The number of likely N-dealkylation sites (N-methyl/N-ethyl adjacent to an activating group) is 1. The molecule has 1 aromatic rings. The Morgan fingerprint density at radius 2 is 2.00 bits per heavy atom. The van der Waals surface area contributed by atoms with Gasteiger partial charge in [-0.2, -0.15) is 0 Å². The molecular weight excluding hydrogens is 334 g/mol. The third kappa shape index (κ3) is 2.46. The molecule has 0 radical (unpaired) electrons. The SMILES string of the molecule is CN1c2cc(S(C)(=O)=O)cc(Br)c2OC(C)(C)[C@H]1O. The van der Waals surface area contributed by atoms with Crippen LogP contribution in [0.1, 0.15) is 13.8 Å². The number of aliphatic hydroxyl groups excluding tert-OH is 1. The Bertz CT molecular complexity index is 627. The number of fused-ring (bicyclic) bond motifs is 1. The second-order valence-electron chi connectivity index (χ2n) is 5.22. The van der Waals surface area contributed by atoms with Gasteiger partial charge in [0.15, 0.2) is 21.8 Å². The molecule has 0 unspecified atom stereocenters. The lowest BCUT2D eigenvalue weighted by molar-refractivity contribution is -0.0381. The molecule has 5 nitrogen and oxygen atoms in total. The van der Waals surface area contributed by atoms with Gasteiger partial charge in [-0.15, -0.1) is 0 Å². The van der Waals surface area contributed by atoms with Gasteiger partial charge < -0.3 is 14.7 Å². The van der Waals surface area contributed by atoms with Crippen molar-refractivity contribution in [3.8, 4) is 5.75 Å². The van der Waals surface area contributed by atoms with E-state index in [0.29, 0.717) is 15.9 Å². The van der Waals surface area contributed by atoms with Gasteiger partial charge in [-0.3, -0.25) is 0 Å². The van der Waals surface area contributed by atoms with Gasteiger partial charge in [-0.25, -0.2) is 8.42 Å². The Morgan fingerprint density at radius 3 is 2.53 bits per heavy atom. The highest BCUT2D eigenvalue weighted by atomic mass is 79.9. The maximum Gasteiger partial charge on any atom is 0.175 e. The molecule has 0 aliphatic carbocycles. The summed E-state index contributed by atoms with van der Waals surface area (Å²) in [4.78, 5) is 1.79. The molecule has 1 aromatic carbocycles. The van der Waals surface area contributed by atoms with Crippen molar-refractivity contribution in [2.45, 2.75) is 30.6 Å².